The molecule has 2 rings (SSSR count). The summed E-state index contributed by atoms with van der Waals surface area (Å²) in [6, 6.07) is 0. The summed E-state index contributed by atoms with van der Waals surface area (Å²) >= 11 is 5.64. The van der Waals surface area contributed by atoms with E-state index in [1.165, 1.54) is 0 Å². The van der Waals surface area contributed by atoms with Crippen molar-refractivity contribution in [2.24, 2.45) is 0 Å². The minimum Gasteiger partial charge on any atom is -0.463 e. The SMILES string of the molecule is C[B]c1coc2c(C)c(F)c(Cl)nc12. The van der Waals surface area contributed by atoms with E-state index < -0.39 is 5.82 Å². The van der Waals surface area contributed by atoms with E-state index in [9.17, 15) is 4.39 Å². The van der Waals surface area contributed by atoms with Crippen LogP contribution in [0.25, 0.3) is 11.1 Å². The smallest absolute Gasteiger partial charge is 0.167 e. The lowest BCUT2D eigenvalue weighted by atomic mass is 9.74. The maximum absolute atomic E-state index is 13.3. The molecule has 14 heavy (non-hydrogen) atoms. The molecule has 5 heteroatoms. The molecular weight excluding hydrogens is 203 g/mol. The van der Waals surface area contributed by atoms with Crippen LogP contribution < -0.4 is 5.46 Å². The average molecular weight is 210 g/mol. The highest BCUT2D eigenvalue weighted by molar-refractivity contribution is 6.55. The van der Waals surface area contributed by atoms with Crippen LogP contribution in [0.5, 0.6) is 0 Å². The van der Waals surface area contributed by atoms with Crippen LogP contribution in [-0.2, 0) is 0 Å². The molecule has 0 saturated heterocycles. The number of rotatable bonds is 1. The van der Waals surface area contributed by atoms with Crippen LogP contribution in [0.1, 0.15) is 5.56 Å². The molecule has 2 heterocycles. The third kappa shape index (κ3) is 1.22. The molecule has 0 aromatic carbocycles. The summed E-state index contributed by atoms with van der Waals surface area (Å²) in [5.41, 5.74) is 2.29. The van der Waals surface area contributed by atoms with Crippen molar-refractivity contribution in [3.63, 3.8) is 0 Å². The molecule has 0 saturated carbocycles. The second-order valence-corrected chi connectivity index (χ2v) is 3.36. The van der Waals surface area contributed by atoms with Gasteiger partial charge >= 0.3 is 0 Å². The first-order valence-corrected chi connectivity index (χ1v) is 4.55. The number of furan rings is 1. The fraction of sp³-hybridized carbons (Fsp3) is 0.222. The minimum atomic E-state index is -0.517. The van der Waals surface area contributed by atoms with E-state index in [2.05, 4.69) is 4.98 Å². The van der Waals surface area contributed by atoms with Crippen molar-refractivity contribution in [1.82, 2.24) is 4.98 Å². The molecule has 0 aliphatic carbocycles. The van der Waals surface area contributed by atoms with Crippen molar-refractivity contribution in [1.29, 1.82) is 0 Å². The molecule has 0 spiro atoms. The Morgan fingerprint density at radius 3 is 2.93 bits per heavy atom. The summed E-state index contributed by atoms with van der Waals surface area (Å²) in [6.45, 7) is 3.48. The standard InChI is InChI=1S/C9H7BClFNO/c1-4-6(12)9(11)13-7-5(10-2)3-14-8(4)7/h3H,1-2H3. The average Bonchev–Trinajstić information content (AvgIpc) is 2.57. The predicted molar refractivity (Wildman–Crippen MR) is 55.0 cm³/mol. The molecule has 2 aromatic heterocycles. The third-order valence-corrected chi connectivity index (χ3v) is 2.41. The molecule has 0 N–H and O–H groups in total. The Hall–Kier alpha value is -1.03. The largest absolute Gasteiger partial charge is 0.463 e. The lowest BCUT2D eigenvalue weighted by molar-refractivity contribution is 0.587. The molecule has 2 aromatic rings. The van der Waals surface area contributed by atoms with Crippen LogP contribution in [-0.4, -0.2) is 12.3 Å². The van der Waals surface area contributed by atoms with Crippen LogP contribution >= 0.6 is 11.6 Å². The second-order valence-electron chi connectivity index (χ2n) is 3.00. The van der Waals surface area contributed by atoms with Gasteiger partial charge in [0, 0.05) is 5.56 Å². The number of aryl methyl sites for hydroxylation is 1. The van der Waals surface area contributed by atoms with Gasteiger partial charge in [0.1, 0.15) is 5.52 Å². The van der Waals surface area contributed by atoms with Gasteiger partial charge in [0.25, 0.3) is 0 Å². The quantitative estimate of drug-likeness (QED) is 0.533. The first-order valence-electron chi connectivity index (χ1n) is 4.17. The van der Waals surface area contributed by atoms with E-state index in [1.807, 2.05) is 14.1 Å². The number of hydrogen-bond acceptors (Lipinski definition) is 2. The molecule has 0 aliphatic rings. The fourth-order valence-electron chi connectivity index (χ4n) is 1.35. The number of pyridine rings is 1. The summed E-state index contributed by atoms with van der Waals surface area (Å²) in [7, 11) is 1.84. The molecule has 0 unspecified atom stereocenters. The lowest BCUT2D eigenvalue weighted by Crippen LogP contribution is -2.09. The van der Waals surface area contributed by atoms with Crippen LogP contribution in [0.2, 0.25) is 12.0 Å². The second kappa shape index (κ2) is 3.28. The maximum Gasteiger partial charge on any atom is 0.167 e. The molecule has 0 amide bonds. The van der Waals surface area contributed by atoms with E-state index in [1.54, 1.807) is 13.2 Å². The van der Waals surface area contributed by atoms with Gasteiger partial charge in [-0.25, -0.2) is 9.37 Å². The van der Waals surface area contributed by atoms with E-state index in [0.717, 1.165) is 5.46 Å². The Labute approximate surface area is 86.3 Å². The van der Waals surface area contributed by atoms with Crippen LogP contribution in [0.3, 0.4) is 0 Å². The topological polar surface area (TPSA) is 26.0 Å². The monoisotopic (exact) mass is 210 g/mol. The number of halogens is 2. The van der Waals surface area contributed by atoms with Crippen molar-refractivity contribution in [2.45, 2.75) is 13.7 Å². The van der Waals surface area contributed by atoms with Gasteiger partial charge in [-0.15, -0.1) is 0 Å². The first-order chi connectivity index (χ1) is 6.65. The van der Waals surface area contributed by atoms with E-state index >= 15 is 0 Å². The van der Waals surface area contributed by atoms with Crippen molar-refractivity contribution >= 4 is 35.4 Å². The highest BCUT2D eigenvalue weighted by Gasteiger charge is 2.15. The molecule has 1 radical (unpaired) electrons. The van der Waals surface area contributed by atoms with Crippen molar-refractivity contribution in [3.05, 3.63) is 22.8 Å². The third-order valence-electron chi connectivity index (χ3n) is 2.16. The Kier molecular flexibility index (Phi) is 2.23. The number of hydrogen-bond donors (Lipinski definition) is 0. The Balaban J connectivity index is 2.86. The minimum absolute atomic E-state index is 0.112. The molecular formula is C9H7BClFNO. The van der Waals surface area contributed by atoms with E-state index in [0.29, 0.717) is 16.7 Å². The zero-order chi connectivity index (χ0) is 10.3. The van der Waals surface area contributed by atoms with Crippen LogP contribution in [0.4, 0.5) is 4.39 Å². The zero-order valence-corrected chi connectivity index (χ0v) is 8.52. The summed E-state index contributed by atoms with van der Waals surface area (Å²) in [5, 5.41) is -0.112. The maximum atomic E-state index is 13.3. The fourth-order valence-corrected chi connectivity index (χ4v) is 1.58. The van der Waals surface area contributed by atoms with Gasteiger partial charge in [0.05, 0.1) is 6.26 Å². The van der Waals surface area contributed by atoms with Gasteiger partial charge < -0.3 is 4.42 Å². The van der Waals surface area contributed by atoms with Gasteiger partial charge in [-0.2, -0.15) is 0 Å². The summed E-state index contributed by atoms with van der Waals surface area (Å²) in [6.07, 6.45) is 1.54. The van der Waals surface area contributed by atoms with Crippen LogP contribution in [0.15, 0.2) is 10.7 Å². The molecule has 0 aliphatic heterocycles. The van der Waals surface area contributed by atoms with Crippen molar-refractivity contribution < 1.29 is 8.81 Å². The highest BCUT2D eigenvalue weighted by atomic mass is 35.5. The van der Waals surface area contributed by atoms with E-state index in [-0.39, 0.29) is 5.15 Å². The number of aromatic nitrogens is 1. The Bertz CT molecular complexity index is 497. The summed E-state index contributed by atoms with van der Waals surface area (Å²) in [5.74, 6) is -0.517. The number of nitrogens with zero attached hydrogens (tertiary/aromatic N) is 1. The van der Waals surface area contributed by atoms with Crippen molar-refractivity contribution in [3.8, 4) is 0 Å². The first kappa shape index (κ1) is 9.53. The summed E-state index contributed by atoms with van der Waals surface area (Å²) in [4.78, 5) is 3.93. The Morgan fingerprint density at radius 2 is 2.29 bits per heavy atom. The molecule has 0 bridgehead atoms. The molecule has 71 valence electrons. The van der Waals surface area contributed by atoms with Crippen molar-refractivity contribution in [2.75, 3.05) is 0 Å². The predicted octanol–water partition coefficient (Wildman–Crippen LogP) is 2.31. The Morgan fingerprint density at radius 1 is 1.57 bits per heavy atom. The van der Waals surface area contributed by atoms with Gasteiger partial charge in [-0.1, -0.05) is 18.4 Å². The van der Waals surface area contributed by atoms with Gasteiger partial charge in [0.2, 0.25) is 0 Å². The molecule has 2 nitrogen and oxygen atoms in total. The van der Waals surface area contributed by atoms with Gasteiger partial charge in [0.15, 0.2) is 23.8 Å². The van der Waals surface area contributed by atoms with Gasteiger partial charge in [-0.3, -0.25) is 0 Å². The highest BCUT2D eigenvalue weighted by Crippen LogP contribution is 2.23. The zero-order valence-electron chi connectivity index (χ0n) is 7.77. The van der Waals surface area contributed by atoms with Gasteiger partial charge in [-0.05, 0) is 12.4 Å². The normalized spacial score (nSPS) is 10.9. The summed E-state index contributed by atoms with van der Waals surface area (Å²) < 4.78 is 18.5. The lowest BCUT2D eigenvalue weighted by Gasteiger charge is -1.99. The van der Waals surface area contributed by atoms with Crippen LogP contribution in [0, 0.1) is 12.7 Å². The number of fused-ring (bicyclic) bond motifs is 1. The molecule has 0 fully saturated rings. The molecule has 0 atom stereocenters. The van der Waals surface area contributed by atoms with E-state index in [4.69, 9.17) is 16.0 Å².